The van der Waals surface area contributed by atoms with Gasteiger partial charge in [0.1, 0.15) is 17.4 Å². The molecule has 3 N–H and O–H groups in total. The molecule has 5 rings (SSSR count). The number of anilines is 2. The predicted molar refractivity (Wildman–Crippen MR) is 109 cm³/mol. The number of halogens is 3. The SMILES string of the molecule is N#Cc1cnc2c(Nc3ccc(F)c([C@@]4(C(F)F)N=C(N)C[C@@H]5C[C@@H]54)c3)nccc2c1. The van der Waals surface area contributed by atoms with Crippen LogP contribution < -0.4 is 11.1 Å². The van der Waals surface area contributed by atoms with Crippen molar-refractivity contribution in [3.05, 3.63) is 59.7 Å². The average Bonchev–Trinajstić information content (AvgIpc) is 3.53. The van der Waals surface area contributed by atoms with Gasteiger partial charge >= 0.3 is 0 Å². The largest absolute Gasteiger partial charge is 0.387 e. The molecule has 0 radical (unpaired) electrons. The molecule has 0 bridgehead atoms. The van der Waals surface area contributed by atoms with E-state index in [1.165, 1.54) is 18.3 Å². The van der Waals surface area contributed by atoms with Gasteiger partial charge < -0.3 is 11.1 Å². The Morgan fingerprint density at radius 3 is 2.84 bits per heavy atom. The van der Waals surface area contributed by atoms with E-state index in [1.54, 1.807) is 18.3 Å². The van der Waals surface area contributed by atoms with E-state index in [0.29, 0.717) is 40.8 Å². The molecule has 156 valence electrons. The van der Waals surface area contributed by atoms with Gasteiger partial charge in [-0.15, -0.1) is 0 Å². The number of pyridine rings is 2. The molecular weight excluding hydrogens is 405 g/mol. The van der Waals surface area contributed by atoms with Gasteiger partial charge in [0, 0.05) is 35.5 Å². The molecule has 1 saturated carbocycles. The molecule has 2 aliphatic rings. The van der Waals surface area contributed by atoms with Gasteiger partial charge in [-0.1, -0.05) is 0 Å². The molecule has 2 aromatic heterocycles. The van der Waals surface area contributed by atoms with E-state index in [-0.39, 0.29) is 17.3 Å². The number of benzene rings is 1. The van der Waals surface area contributed by atoms with Crippen LogP contribution in [0.2, 0.25) is 0 Å². The molecule has 1 aliphatic heterocycles. The highest BCUT2D eigenvalue weighted by atomic mass is 19.3. The van der Waals surface area contributed by atoms with Crippen LogP contribution in [0.4, 0.5) is 24.7 Å². The summed E-state index contributed by atoms with van der Waals surface area (Å²) in [7, 11) is 0. The number of aliphatic imine (C=N–C) groups is 1. The molecule has 6 nitrogen and oxygen atoms in total. The lowest BCUT2D eigenvalue weighted by Crippen LogP contribution is -2.41. The van der Waals surface area contributed by atoms with E-state index in [1.807, 2.05) is 6.07 Å². The molecule has 0 spiro atoms. The Morgan fingerprint density at radius 1 is 1.23 bits per heavy atom. The highest BCUT2D eigenvalue weighted by molar-refractivity contribution is 5.90. The lowest BCUT2D eigenvalue weighted by molar-refractivity contribution is 0.0322. The number of rotatable bonds is 4. The van der Waals surface area contributed by atoms with Crippen LogP contribution in [-0.2, 0) is 5.54 Å². The lowest BCUT2D eigenvalue weighted by Gasteiger charge is -2.34. The third-order valence-corrected chi connectivity index (χ3v) is 6.01. The first-order valence-corrected chi connectivity index (χ1v) is 9.76. The summed E-state index contributed by atoms with van der Waals surface area (Å²) in [5.74, 6) is -0.698. The van der Waals surface area contributed by atoms with Crippen LogP contribution >= 0.6 is 0 Å². The average molecular weight is 422 g/mol. The number of alkyl halides is 2. The van der Waals surface area contributed by atoms with Crippen LogP contribution in [0.15, 0.2) is 47.7 Å². The minimum Gasteiger partial charge on any atom is -0.387 e. The monoisotopic (exact) mass is 422 g/mol. The summed E-state index contributed by atoms with van der Waals surface area (Å²) in [5.41, 5.74) is 4.95. The Kier molecular flexibility index (Phi) is 4.32. The Hall–Kier alpha value is -3.67. The zero-order valence-electron chi connectivity index (χ0n) is 16.2. The second kappa shape index (κ2) is 6.94. The van der Waals surface area contributed by atoms with Gasteiger partial charge in [-0.3, -0.25) is 9.98 Å². The zero-order chi connectivity index (χ0) is 21.8. The number of nitrogens with two attached hydrogens (primary N) is 1. The molecule has 1 aliphatic carbocycles. The standard InChI is InChI=1S/C22H17F3N6/c23-17-2-1-14(30-20-19-12(3-4-28-20)5-11(9-26)10-29-19)8-16(17)22(21(24)25)15-6-13(15)7-18(27)31-22/h1-5,8,10,13,15,21H,6-7H2,(H2,27,31)(H,28,30)/t13-,15-,22-/m0/s1. The number of nitrogens with zero attached hydrogens (tertiary/aromatic N) is 4. The molecule has 9 heteroatoms. The molecule has 1 fully saturated rings. The summed E-state index contributed by atoms with van der Waals surface area (Å²) in [5, 5.41) is 12.8. The first-order valence-electron chi connectivity index (χ1n) is 9.76. The van der Waals surface area contributed by atoms with Gasteiger partial charge in [-0.05, 0) is 48.6 Å². The number of fused-ring (bicyclic) bond motifs is 2. The van der Waals surface area contributed by atoms with Gasteiger partial charge in [0.15, 0.2) is 11.4 Å². The minimum absolute atomic E-state index is 0.000721. The molecule has 0 unspecified atom stereocenters. The number of hydrogen-bond acceptors (Lipinski definition) is 6. The van der Waals surface area contributed by atoms with Gasteiger partial charge in [0.2, 0.25) is 0 Å². The van der Waals surface area contributed by atoms with Crippen LogP contribution in [0, 0.1) is 29.0 Å². The molecule has 3 aromatic rings. The van der Waals surface area contributed by atoms with E-state index < -0.39 is 23.7 Å². The summed E-state index contributed by atoms with van der Waals surface area (Å²) in [6.45, 7) is 0. The van der Waals surface area contributed by atoms with Crippen LogP contribution in [0.1, 0.15) is 24.0 Å². The number of amidine groups is 1. The van der Waals surface area contributed by atoms with Crippen molar-refractivity contribution in [2.45, 2.75) is 24.8 Å². The minimum atomic E-state index is -2.90. The summed E-state index contributed by atoms with van der Waals surface area (Å²) in [4.78, 5) is 12.6. The van der Waals surface area contributed by atoms with Crippen molar-refractivity contribution in [1.29, 1.82) is 5.26 Å². The van der Waals surface area contributed by atoms with Crippen molar-refractivity contribution in [3.8, 4) is 6.07 Å². The van der Waals surface area contributed by atoms with Crippen molar-refractivity contribution < 1.29 is 13.2 Å². The highest BCUT2D eigenvalue weighted by Crippen LogP contribution is 2.60. The van der Waals surface area contributed by atoms with E-state index in [0.717, 1.165) is 6.07 Å². The van der Waals surface area contributed by atoms with Crippen LogP contribution in [0.5, 0.6) is 0 Å². The maximum atomic E-state index is 14.8. The molecular formula is C22H17F3N6. The molecule has 0 amide bonds. The summed E-state index contributed by atoms with van der Waals surface area (Å²) < 4.78 is 43.5. The van der Waals surface area contributed by atoms with Crippen molar-refractivity contribution in [2.24, 2.45) is 22.6 Å². The second-order valence-corrected chi connectivity index (χ2v) is 7.92. The van der Waals surface area contributed by atoms with Crippen LogP contribution in [0.25, 0.3) is 10.9 Å². The molecule has 3 atom stereocenters. The van der Waals surface area contributed by atoms with Gasteiger partial charge in [0.05, 0.1) is 11.4 Å². The quantitative estimate of drug-likeness (QED) is 0.655. The van der Waals surface area contributed by atoms with Gasteiger partial charge in [-0.25, -0.2) is 18.2 Å². The predicted octanol–water partition coefficient (Wildman–Crippen LogP) is 4.24. The number of hydrogen-bond donors (Lipinski definition) is 2. The number of aromatic nitrogens is 2. The fourth-order valence-corrected chi connectivity index (χ4v) is 4.49. The summed E-state index contributed by atoms with van der Waals surface area (Å²) >= 11 is 0. The van der Waals surface area contributed by atoms with E-state index in [9.17, 15) is 13.2 Å². The first kappa shape index (κ1) is 19.3. The topological polar surface area (TPSA) is 100.0 Å². The van der Waals surface area contributed by atoms with Crippen molar-refractivity contribution >= 4 is 28.2 Å². The summed E-state index contributed by atoms with van der Waals surface area (Å²) in [6.07, 6.45) is 1.08. The van der Waals surface area contributed by atoms with Crippen LogP contribution in [0.3, 0.4) is 0 Å². The Balaban J connectivity index is 1.58. The zero-order valence-corrected chi connectivity index (χ0v) is 16.2. The third kappa shape index (κ3) is 3.06. The fraction of sp³-hybridized carbons (Fsp3) is 0.273. The first-order chi connectivity index (χ1) is 14.9. The van der Waals surface area contributed by atoms with Crippen molar-refractivity contribution in [1.82, 2.24) is 9.97 Å². The third-order valence-electron chi connectivity index (χ3n) is 6.01. The molecule has 31 heavy (non-hydrogen) atoms. The molecule has 3 heterocycles. The smallest absolute Gasteiger partial charge is 0.267 e. The second-order valence-electron chi connectivity index (χ2n) is 7.92. The lowest BCUT2D eigenvalue weighted by atomic mass is 9.82. The molecule has 1 aromatic carbocycles. The van der Waals surface area contributed by atoms with Crippen LogP contribution in [-0.4, -0.2) is 22.2 Å². The van der Waals surface area contributed by atoms with E-state index >= 15 is 0 Å². The van der Waals surface area contributed by atoms with E-state index in [4.69, 9.17) is 11.0 Å². The Morgan fingerprint density at radius 2 is 2.06 bits per heavy atom. The normalized spacial score (nSPS) is 24.4. The maximum absolute atomic E-state index is 14.8. The summed E-state index contributed by atoms with van der Waals surface area (Å²) in [6, 6.07) is 9.35. The molecule has 0 saturated heterocycles. The van der Waals surface area contributed by atoms with E-state index in [2.05, 4.69) is 20.3 Å². The van der Waals surface area contributed by atoms with Crippen molar-refractivity contribution in [3.63, 3.8) is 0 Å². The maximum Gasteiger partial charge on any atom is 0.267 e. The fourth-order valence-electron chi connectivity index (χ4n) is 4.49. The number of nitrogens with one attached hydrogen (secondary N) is 1. The van der Waals surface area contributed by atoms with Crippen molar-refractivity contribution in [2.75, 3.05) is 5.32 Å². The van der Waals surface area contributed by atoms with Gasteiger partial charge in [-0.2, -0.15) is 5.26 Å². The Bertz CT molecular complexity index is 1270. The number of nitriles is 1. The highest BCUT2D eigenvalue weighted by Gasteiger charge is 2.62. The van der Waals surface area contributed by atoms with Gasteiger partial charge in [0.25, 0.3) is 6.43 Å². The Labute approximate surface area is 175 Å².